The Morgan fingerprint density at radius 2 is 2.10 bits per heavy atom. The molecule has 0 aromatic carbocycles. The zero-order chi connectivity index (χ0) is 14.4. The third kappa shape index (κ3) is 3.45. The number of aromatic nitrogens is 3. The number of imidazole rings is 1. The van der Waals surface area contributed by atoms with E-state index in [1.54, 1.807) is 0 Å². The van der Waals surface area contributed by atoms with Crippen LogP contribution in [-0.4, -0.2) is 21.1 Å². The highest BCUT2D eigenvalue weighted by Gasteiger charge is 2.16. The Kier molecular flexibility index (Phi) is 5.30. The lowest BCUT2D eigenvalue weighted by Gasteiger charge is -2.20. The Morgan fingerprint density at radius 3 is 2.80 bits per heavy atom. The van der Waals surface area contributed by atoms with Gasteiger partial charge in [0.2, 0.25) is 0 Å². The number of pyridine rings is 1. The number of nitrogens with zero attached hydrogens (tertiary/aromatic N) is 3. The molecule has 1 unspecified atom stereocenters. The summed E-state index contributed by atoms with van der Waals surface area (Å²) in [6.45, 7) is 8.37. The summed E-state index contributed by atoms with van der Waals surface area (Å²) in [4.78, 5) is 8.91. The van der Waals surface area contributed by atoms with Gasteiger partial charge in [-0.1, -0.05) is 13.0 Å². The maximum atomic E-state index is 4.49. The largest absolute Gasteiger partial charge is 0.335 e. The minimum atomic E-state index is 0.274. The van der Waals surface area contributed by atoms with E-state index < -0.39 is 0 Å². The predicted octanol–water partition coefficient (Wildman–Crippen LogP) is 2.89. The standard InChI is InChI=1S/C16H24N4/c1-4-8-18-15(14-7-6-9-17-13(14)3)12-16-19-10-11-20(16)5-2/h6-7,9-11,15,18H,4-5,8,12H2,1-3H3. The minimum Gasteiger partial charge on any atom is -0.335 e. The van der Waals surface area contributed by atoms with Crippen molar-refractivity contribution in [2.45, 2.75) is 46.2 Å². The van der Waals surface area contributed by atoms with E-state index in [0.29, 0.717) is 0 Å². The molecule has 2 rings (SSSR count). The van der Waals surface area contributed by atoms with Crippen molar-refractivity contribution in [3.63, 3.8) is 0 Å². The van der Waals surface area contributed by atoms with Gasteiger partial charge in [0, 0.05) is 43.3 Å². The molecule has 1 atom stereocenters. The van der Waals surface area contributed by atoms with Crippen LogP contribution in [0.25, 0.3) is 0 Å². The molecule has 108 valence electrons. The summed E-state index contributed by atoms with van der Waals surface area (Å²) in [5.41, 5.74) is 2.36. The maximum Gasteiger partial charge on any atom is 0.110 e. The summed E-state index contributed by atoms with van der Waals surface area (Å²) in [5.74, 6) is 1.13. The van der Waals surface area contributed by atoms with Crippen molar-refractivity contribution in [2.24, 2.45) is 0 Å². The lowest BCUT2D eigenvalue weighted by molar-refractivity contribution is 0.503. The molecular formula is C16H24N4. The molecule has 4 heteroatoms. The third-order valence-corrected chi connectivity index (χ3v) is 3.59. The van der Waals surface area contributed by atoms with Gasteiger partial charge in [0.25, 0.3) is 0 Å². The van der Waals surface area contributed by atoms with Gasteiger partial charge in [-0.3, -0.25) is 4.98 Å². The van der Waals surface area contributed by atoms with E-state index in [1.807, 2.05) is 24.7 Å². The molecule has 4 nitrogen and oxygen atoms in total. The van der Waals surface area contributed by atoms with Gasteiger partial charge in [-0.15, -0.1) is 0 Å². The van der Waals surface area contributed by atoms with Gasteiger partial charge in [-0.25, -0.2) is 4.98 Å². The summed E-state index contributed by atoms with van der Waals surface area (Å²) in [6, 6.07) is 4.45. The van der Waals surface area contributed by atoms with Crippen molar-refractivity contribution < 1.29 is 0 Å². The molecule has 0 fully saturated rings. The Labute approximate surface area is 121 Å². The Balaban J connectivity index is 2.22. The first kappa shape index (κ1) is 14.7. The van der Waals surface area contributed by atoms with Crippen molar-refractivity contribution in [1.29, 1.82) is 0 Å². The topological polar surface area (TPSA) is 42.7 Å². The molecule has 0 aliphatic heterocycles. The highest BCUT2D eigenvalue weighted by atomic mass is 15.1. The highest BCUT2D eigenvalue weighted by Crippen LogP contribution is 2.20. The Morgan fingerprint density at radius 1 is 1.25 bits per heavy atom. The second-order valence-corrected chi connectivity index (χ2v) is 5.02. The smallest absolute Gasteiger partial charge is 0.110 e. The molecule has 0 bridgehead atoms. The average Bonchev–Trinajstić information content (AvgIpc) is 2.91. The normalized spacial score (nSPS) is 12.6. The molecule has 0 spiro atoms. The number of hydrogen-bond acceptors (Lipinski definition) is 3. The number of rotatable bonds is 7. The van der Waals surface area contributed by atoms with E-state index in [0.717, 1.165) is 37.4 Å². The van der Waals surface area contributed by atoms with Crippen molar-refractivity contribution >= 4 is 0 Å². The van der Waals surface area contributed by atoms with Crippen molar-refractivity contribution in [3.8, 4) is 0 Å². The molecule has 2 heterocycles. The lowest BCUT2D eigenvalue weighted by atomic mass is 10.0. The van der Waals surface area contributed by atoms with Crippen LogP contribution in [0.5, 0.6) is 0 Å². The van der Waals surface area contributed by atoms with Crippen molar-refractivity contribution in [3.05, 3.63) is 47.8 Å². The first-order chi connectivity index (χ1) is 9.76. The maximum absolute atomic E-state index is 4.49. The Bertz CT molecular complexity index is 533. The molecule has 0 saturated carbocycles. The zero-order valence-electron chi connectivity index (χ0n) is 12.6. The fraction of sp³-hybridized carbons (Fsp3) is 0.500. The van der Waals surface area contributed by atoms with E-state index in [-0.39, 0.29) is 6.04 Å². The monoisotopic (exact) mass is 272 g/mol. The van der Waals surface area contributed by atoms with E-state index in [9.17, 15) is 0 Å². The predicted molar refractivity (Wildman–Crippen MR) is 81.6 cm³/mol. The second kappa shape index (κ2) is 7.20. The summed E-state index contributed by atoms with van der Waals surface area (Å²) >= 11 is 0. The lowest BCUT2D eigenvalue weighted by Crippen LogP contribution is -2.26. The Hall–Kier alpha value is -1.68. The van der Waals surface area contributed by atoms with Gasteiger partial charge >= 0.3 is 0 Å². The zero-order valence-corrected chi connectivity index (χ0v) is 12.6. The van der Waals surface area contributed by atoms with Crippen molar-refractivity contribution in [1.82, 2.24) is 19.9 Å². The van der Waals surface area contributed by atoms with Crippen LogP contribution in [0.2, 0.25) is 0 Å². The molecular weight excluding hydrogens is 248 g/mol. The first-order valence-corrected chi connectivity index (χ1v) is 7.41. The molecule has 2 aromatic rings. The van der Waals surface area contributed by atoms with Crippen LogP contribution in [0.3, 0.4) is 0 Å². The van der Waals surface area contributed by atoms with Crippen LogP contribution < -0.4 is 5.32 Å². The van der Waals surface area contributed by atoms with Gasteiger partial charge in [-0.05, 0) is 38.4 Å². The molecule has 0 radical (unpaired) electrons. The number of hydrogen-bond donors (Lipinski definition) is 1. The summed E-state index contributed by atoms with van der Waals surface area (Å²) in [5, 5.41) is 3.62. The van der Waals surface area contributed by atoms with Crippen LogP contribution in [0, 0.1) is 6.92 Å². The quantitative estimate of drug-likeness (QED) is 0.842. The number of nitrogens with one attached hydrogen (secondary N) is 1. The van der Waals surface area contributed by atoms with Gasteiger partial charge in [0.05, 0.1) is 0 Å². The van der Waals surface area contributed by atoms with Gasteiger partial charge < -0.3 is 9.88 Å². The van der Waals surface area contributed by atoms with Crippen LogP contribution in [0.1, 0.15) is 43.4 Å². The van der Waals surface area contributed by atoms with Crippen molar-refractivity contribution in [2.75, 3.05) is 6.54 Å². The first-order valence-electron chi connectivity index (χ1n) is 7.41. The van der Waals surface area contributed by atoms with Crippen LogP contribution in [-0.2, 0) is 13.0 Å². The van der Waals surface area contributed by atoms with E-state index in [4.69, 9.17) is 0 Å². The van der Waals surface area contributed by atoms with Crippen LogP contribution in [0.4, 0.5) is 0 Å². The van der Waals surface area contributed by atoms with E-state index in [2.05, 4.69) is 46.7 Å². The highest BCUT2D eigenvalue weighted by molar-refractivity contribution is 5.23. The van der Waals surface area contributed by atoms with Crippen LogP contribution in [0.15, 0.2) is 30.7 Å². The minimum absolute atomic E-state index is 0.274. The molecule has 2 aromatic heterocycles. The fourth-order valence-corrected chi connectivity index (χ4v) is 2.48. The van der Waals surface area contributed by atoms with Gasteiger partial charge in [-0.2, -0.15) is 0 Å². The molecule has 0 aliphatic carbocycles. The second-order valence-electron chi connectivity index (χ2n) is 5.02. The summed E-state index contributed by atoms with van der Waals surface area (Å²) in [6.07, 6.45) is 7.79. The third-order valence-electron chi connectivity index (χ3n) is 3.59. The van der Waals surface area contributed by atoms with Gasteiger partial charge in [0.15, 0.2) is 0 Å². The molecule has 1 N–H and O–H groups in total. The van der Waals surface area contributed by atoms with Crippen LogP contribution >= 0.6 is 0 Å². The van der Waals surface area contributed by atoms with E-state index >= 15 is 0 Å². The van der Waals surface area contributed by atoms with E-state index in [1.165, 1.54) is 5.56 Å². The van der Waals surface area contributed by atoms with Gasteiger partial charge in [0.1, 0.15) is 5.82 Å². The molecule has 20 heavy (non-hydrogen) atoms. The SMILES string of the molecule is CCCNC(Cc1nccn1CC)c1cccnc1C. The molecule has 0 aliphatic rings. The number of aryl methyl sites for hydroxylation is 2. The molecule has 0 amide bonds. The summed E-state index contributed by atoms with van der Waals surface area (Å²) in [7, 11) is 0. The summed E-state index contributed by atoms with van der Waals surface area (Å²) < 4.78 is 2.20. The fourth-order valence-electron chi connectivity index (χ4n) is 2.48. The molecule has 0 saturated heterocycles. The average molecular weight is 272 g/mol.